The van der Waals surface area contributed by atoms with Crippen LogP contribution in [-0.4, -0.2) is 37.5 Å². The fraction of sp³-hybridized carbons (Fsp3) is 0.500. The molecule has 0 aliphatic carbocycles. The van der Waals surface area contributed by atoms with Crippen LogP contribution in [0.5, 0.6) is 0 Å². The molecule has 1 aromatic carbocycles. The Kier molecular flexibility index (Phi) is 7.95. The van der Waals surface area contributed by atoms with Crippen LogP contribution in [0.1, 0.15) is 38.7 Å². The highest BCUT2D eigenvalue weighted by Crippen LogP contribution is 2.15. The lowest BCUT2D eigenvalue weighted by molar-refractivity contribution is -0.141. The van der Waals surface area contributed by atoms with Crippen LogP contribution in [0.25, 0.3) is 0 Å². The summed E-state index contributed by atoms with van der Waals surface area (Å²) in [6.45, 7) is 5.51. The molecule has 1 aromatic rings. The summed E-state index contributed by atoms with van der Waals surface area (Å²) in [5.74, 6) is -1.29. The summed E-state index contributed by atoms with van der Waals surface area (Å²) in [5, 5.41) is 5.28. The second-order valence-electron chi connectivity index (χ2n) is 6.12. The summed E-state index contributed by atoms with van der Waals surface area (Å²) >= 11 is 0. The minimum Gasteiger partial charge on any atom is -0.468 e. The lowest BCUT2D eigenvalue weighted by Gasteiger charge is -2.22. The van der Waals surface area contributed by atoms with Crippen molar-refractivity contribution in [2.75, 3.05) is 13.7 Å². The Labute approximate surface area is 143 Å². The Bertz CT molecular complexity index is 557. The van der Waals surface area contributed by atoms with Crippen molar-refractivity contribution in [1.29, 1.82) is 0 Å². The number of esters is 1. The summed E-state index contributed by atoms with van der Waals surface area (Å²) in [6, 6.07) is 8.68. The number of rotatable bonds is 8. The Morgan fingerprint density at radius 2 is 1.67 bits per heavy atom. The van der Waals surface area contributed by atoms with Gasteiger partial charge >= 0.3 is 5.97 Å². The first-order chi connectivity index (χ1) is 11.3. The van der Waals surface area contributed by atoms with E-state index in [4.69, 9.17) is 0 Å². The molecule has 24 heavy (non-hydrogen) atoms. The molecule has 0 saturated carbocycles. The van der Waals surface area contributed by atoms with Crippen molar-refractivity contribution in [2.45, 2.75) is 39.2 Å². The number of hydrogen-bond acceptors (Lipinski definition) is 4. The minimum atomic E-state index is -0.687. The molecule has 0 aliphatic heterocycles. The maximum Gasteiger partial charge on any atom is 0.325 e. The molecular formula is C18H26N2O4. The lowest BCUT2D eigenvalue weighted by Crippen LogP contribution is -2.49. The number of nitrogens with one attached hydrogen (secondary N) is 2. The van der Waals surface area contributed by atoms with Crippen LogP contribution >= 0.6 is 0 Å². The molecule has 2 amide bonds. The van der Waals surface area contributed by atoms with Crippen LogP contribution in [0.15, 0.2) is 30.3 Å². The second-order valence-corrected chi connectivity index (χ2v) is 6.12. The number of ether oxygens (including phenoxy) is 1. The van der Waals surface area contributed by atoms with Gasteiger partial charge in [0.15, 0.2) is 0 Å². The van der Waals surface area contributed by atoms with E-state index in [0.29, 0.717) is 6.42 Å². The van der Waals surface area contributed by atoms with E-state index in [1.54, 1.807) is 6.92 Å². The molecule has 0 aliphatic rings. The second kappa shape index (κ2) is 9.70. The van der Waals surface area contributed by atoms with Gasteiger partial charge in [-0.25, -0.2) is 0 Å². The van der Waals surface area contributed by atoms with Crippen molar-refractivity contribution in [1.82, 2.24) is 10.6 Å². The van der Waals surface area contributed by atoms with E-state index < -0.39 is 12.0 Å². The van der Waals surface area contributed by atoms with E-state index in [2.05, 4.69) is 15.4 Å². The maximum atomic E-state index is 12.5. The zero-order chi connectivity index (χ0) is 18.1. The smallest absolute Gasteiger partial charge is 0.325 e. The van der Waals surface area contributed by atoms with Crippen molar-refractivity contribution in [3.05, 3.63) is 35.9 Å². The van der Waals surface area contributed by atoms with Gasteiger partial charge in [0.1, 0.15) is 12.6 Å². The average Bonchev–Trinajstić information content (AvgIpc) is 2.58. The normalized spacial score (nSPS) is 13.0. The summed E-state index contributed by atoms with van der Waals surface area (Å²) in [4.78, 5) is 35.9. The van der Waals surface area contributed by atoms with Gasteiger partial charge in [-0.15, -0.1) is 0 Å². The third kappa shape index (κ3) is 6.40. The van der Waals surface area contributed by atoms with Crippen LogP contribution in [0, 0.1) is 5.92 Å². The first-order valence-corrected chi connectivity index (χ1v) is 8.05. The average molecular weight is 334 g/mol. The molecule has 0 bridgehead atoms. The standard InChI is InChI=1S/C18H26N2O4/c1-12(2)10-15(18(23)19-11-16(21)24-4)20-17(22)13(3)14-8-6-5-7-9-14/h5-9,12-13,15H,10-11H2,1-4H3,(H,19,23)(H,20,22)/t13-,15+/m1/s1. The topological polar surface area (TPSA) is 84.5 Å². The number of carbonyl (C=O) groups excluding carboxylic acids is 3. The van der Waals surface area contributed by atoms with E-state index in [9.17, 15) is 14.4 Å². The third-order valence-electron chi connectivity index (χ3n) is 3.67. The molecule has 2 atom stereocenters. The number of benzene rings is 1. The van der Waals surface area contributed by atoms with E-state index in [1.165, 1.54) is 7.11 Å². The van der Waals surface area contributed by atoms with Crippen LogP contribution in [0.4, 0.5) is 0 Å². The molecule has 2 N–H and O–H groups in total. The van der Waals surface area contributed by atoms with E-state index in [-0.39, 0.29) is 30.2 Å². The van der Waals surface area contributed by atoms with Gasteiger partial charge in [-0.1, -0.05) is 44.2 Å². The molecule has 0 heterocycles. The minimum absolute atomic E-state index is 0.214. The summed E-state index contributed by atoms with van der Waals surface area (Å²) in [7, 11) is 1.25. The molecule has 1 rings (SSSR count). The third-order valence-corrected chi connectivity index (χ3v) is 3.67. The number of carbonyl (C=O) groups is 3. The first-order valence-electron chi connectivity index (χ1n) is 8.05. The highest BCUT2D eigenvalue weighted by atomic mass is 16.5. The highest BCUT2D eigenvalue weighted by molar-refractivity contribution is 5.91. The zero-order valence-electron chi connectivity index (χ0n) is 14.7. The molecule has 0 saturated heterocycles. The van der Waals surface area contributed by atoms with Gasteiger partial charge in [0, 0.05) is 0 Å². The quantitative estimate of drug-likeness (QED) is 0.708. The predicted octanol–water partition coefficient (Wildman–Crippen LogP) is 1.61. The van der Waals surface area contributed by atoms with Crippen molar-refractivity contribution in [3.8, 4) is 0 Å². The van der Waals surface area contributed by atoms with E-state index in [1.807, 2.05) is 44.2 Å². The first kappa shape index (κ1) is 19.7. The SMILES string of the molecule is COC(=O)CNC(=O)[C@H](CC(C)C)NC(=O)[C@H](C)c1ccccc1. The van der Waals surface area contributed by atoms with Crippen molar-refractivity contribution in [2.24, 2.45) is 5.92 Å². The molecule has 0 unspecified atom stereocenters. The van der Waals surface area contributed by atoms with Gasteiger partial charge in [0.25, 0.3) is 0 Å². The number of hydrogen-bond donors (Lipinski definition) is 2. The Morgan fingerprint density at radius 1 is 1.04 bits per heavy atom. The molecule has 6 heteroatoms. The van der Waals surface area contributed by atoms with E-state index >= 15 is 0 Å². The van der Waals surface area contributed by atoms with Crippen molar-refractivity contribution in [3.63, 3.8) is 0 Å². The fourth-order valence-electron chi connectivity index (χ4n) is 2.25. The van der Waals surface area contributed by atoms with Gasteiger partial charge in [-0.3, -0.25) is 14.4 Å². The summed E-state index contributed by atoms with van der Waals surface area (Å²) in [5.41, 5.74) is 0.883. The number of amides is 2. The molecule has 132 valence electrons. The fourth-order valence-corrected chi connectivity index (χ4v) is 2.25. The monoisotopic (exact) mass is 334 g/mol. The molecule has 0 spiro atoms. The zero-order valence-corrected chi connectivity index (χ0v) is 14.7. The van der Waals surface area contributed by atoms with Crippen LogP contribution < -0.4 is 10.6 Å². The van der Waals surface area contributed by atoms with E-state index in [0.717, 1.165) is 5.56 Å². The molecule has 0 fully saturated rings. The van der Waals surface area contributed by atoms with Crippen LogP contribution in [0.3, 0.4) is 0 Å². The Hall–Kier alpha value is -2.37. The molecular weight excluding hydrogens is 308 g/mol. The number of methoxy groups -OCH3 is 1. The molecule has 6 nitrogen and oxygen atoms in total. The van der Waals surface area contributed by atoms with Gasteiger partial charge in [0.05, 0.1) is 13.0 Å². The summed E-state index contributed by atoms with van der Waals surface area (Å²) in [6.07, 6.45) is 0.486. The van der Waals surface area contributed by atoms with Crippen molar-refractivity contribution >= 4 is 17.8 Å². The van der Waals surface area contributed by atoms with Gasteiger partial charge < -0.3 is 15.4 Å². The maximum absolute atomic E-state index is 12.5. The Morgan fingerprint density at radius 3 is 2.21 bits per heavy atom. The van der Waals surface area contributed by atoms with Crippen LogP contribution in [-0.2, 0) is 19.1 Å². The van der Waals surface area contributed by atoms with Crippen LogP contribution in [0.2, 0.25) is 0 Å². The van der Waals surface area contributed by atoms with Crippen molar-refractivity contribution < 1.29 is 19.1 Å². The highest BCUT2D eigenvalue weighted by Gasteiger charge is 2.25. The van der Waals surface area contributed by atoms with Gasteiger partial charge in [-0.2, -0.15) is 0 Å². The Balaban J connectivity index is 2.72. The predicted molar refractivity (Wildman–Crippen MR) is 91.3 cm³/mol. The lowest BCUT2D eigenvalue weighted by atomic mass is 9.98. The molecule has 0 radical (unpaired) electrons. The molecule has 0 aromatic heterocycles. The summed E-state index contributed by atoms with van der Waals surface area (Å²) < 4.78 is 4.50. The van der Waals surface area contributed by atoms with Gasteiger partial charge in [-0.05, 0) is 24.8 Å². The largest absolute Gasteiger partial charge is 0.468 e. The van der Waals surface area contributed by atoms with Gasteiger partial charge in [0.2, 0.25) is 11.8 Å².